The zero-order valence-corrected chi connectivity index (χ0v) is 10.4. The fraction of sp³-hybridized carbons (Fsp3) is 0.538. The molecule has 0 radical (unpaired) electrons. The van der Waals surface area contributed by atoms with Crippen LogP contribution in [0.4, 0.5) is 4.39 Å². The first-order chi connectivity index (χ1) is 7.34. The standard InChI is InChI=1S/C13H20FNO/c1-9(15)7-10-8-11(13(2,3)14)5-6-12(10)16-4/h5-6,8-9H,7,15H2,1-4H3. The molecule has 1 aromatic carbocycles. The quantitative estimate of drug-likeness (QED) is 0.855. The summed E-state index contributed by atoms with van der Waals surface area (Å²) in [7, 11) is 1.61. The van der Waals surface area contributed by atoms with Crippen molar-refractivity contribution in [1.29, 1.82) is 0 Å². The van der Waals surface area contributed by atoms with Gasteiger partial charge in [0.05, 0.1) is 7.11 Å². The summed E-state index contributed by atoms with van der Waals surface area (Å²) in [6.45, 7) is 5.02. The highest BCUT2D eigenvalue weighted by Gasteiger charge is 2.20. The summed E-state index contributed by atoms with van der Waals surface area (Å²) in [5.41, 5.74) is 6.04. The molecular formula is C13H20FNO. The van der Waals surface area contributed by atoms with Gasteiger partial charge in [0.25, 0.3) is 0 Å². The second-order valence-corrected chi connectivity index (χ2v) is 4.68. The second-order valence-electron chi connectivity index (χ2n) is 4.68. The third-order valence-electron chi connectivity index (χ3n) is 2.51. The van der Waals surface area contributed by atoms with E-state index in [9.17, 15) is 4.39 Å². The van der Waals surface area contributed by atoms with Crippen molar-refractivity contribution in [2.24, 2.45) is 5.73 Å². The van der Waals surface area contributed by atoms with Gasteiger partial charge in [-0.3, -0.25) is 0 Å². The Hall–Kier alpha value is -1.09. The molecule has 0 aromatic heterocycles. The van der Waals surface area contributed by atoms with Crippen molar-refractivity contribution in [2.75, 3.05) is 7.11 Å². The molecule has 3 heteroatoms. The monoisotopic (exact) mass is 225 g/mol. The van der Waals surface area contributed by atoms with E-state index in [4.69, 9.17) is 10.5 Å². The minimum atomic E-state index is -1.33. The van der Waals surface area contributed by atoms with Gasteiger partial charge in [0.1, 0.15) is 11.4 Å². The lowest BCUT2D eigenvalue weighted by atomic mass is 9.95. The predicted molar refractivity (Wildman–Crippen MR) is 64.5 cm³/mol. The first kappa shape index (κ1) is 13.0. The molecule has 0 aliphatic rings. The van der Waals surface area contributed by atoms with Gasteiger partial charge in [-0.05, 0) is 50.5 Å². The Labute approximate surface area is 96.6 Å². The van der Waals surface area contributed by atoms with Crippen LogP contribution in [0.25, 0.3) is 0 Å². The zero-order chi connectivity index (χ0) is 12.3. The normalized spacial score (nSPS) is 13.6. The third kappa shape index (κ3) is 3.20. The minimum absolute atomic E-state index is 0.0341. The highest BCUT2D eigenvalue weighted by atomic mass is 19.1. The number of methoxy groups -OCH3 is 1. The van der Waals surface area contributed by atoms with Gasteiger partial charge >= 0.3 is 0 Å². The van der Waals surface area contributed by atoms with Crippen molar-refractivity contribution in [3.05, 3.63) is 29.3 Å². The summed E-state index contributed by atoms with van der Waals surface area (Å²) in [5.74, 6) is 0.769. The van der Waals surface area contributed by atoms with Gasteiger partial charge in [0.15, 0.2) is 0 Å². The van der Waals surface area contributed by atoms with Crippen LogP contribution in [-0.2, 0) is 12.1 Å². The highest BCUT2D eigenvalue weighted by Crippen LogP contribution is 2.29. The Morgan fingerprint density at radius 1 is 1.44 bits per heavy atom. The molecule has 1 aromatic rings. The number of nitrogens with two attached hydrogens (primary N) is 1. The van der Waals surface area contributed by atoms with Crippen LogP contribution in [0.2, 0.25) is 0 Å². The third-order valence-corrected chi connectivity index (χ3v) is 2.51. The lowest BCUT2D eigenvalue weighted by Gasteiger charge is -2.18. The van der Waals surface area contributed by atoms with Crippen molar-refractivity contribution < 1.29 is 9.13 Å². The Kier molecular flexibility index (Phi) is 3.92. The van der Waals surface area contributed by atoms with E-state index in [1.807, 2.05) is 13.0 Å². The van der Waals surface area contributed by atoms with E-state index < -0.39 is 5.67 Å². The molecule has 0 aliphatic heterocycles. The predicted octanol–water partition coefficient (Wildman–Crippen LogP) is 2.79. The van der Waals surface area contributed by atoms with E-state index in [2.05, 4.69) is 0 Å². The summed E-state index contributed by atoms with van der Waals surface area (Å²) in [4.78, 5) is 0. The van der Waals surface area contributed by atoms with Crippen molar-refractivity contribution >= 4 is 0 Å². The number of rotatable bonds is 4. The van der Waals surface area contributed by atoms with E-state index in [1.165, 1.54) is 0 Å². The van der Waals surface area contributed by atoms with Crippen LogP contribution in [0.5, 0.6) is 5.75 Å². The van der Waals surface area contributed by atoms with Gasteiger partial charge < -0.3 is 10.5 Å². The lowest BCUT2D eigenvalue weighted by Crippen LogP contribution is -2.19. The number of ether oxygens (including phenoxy) is 1. The Morgan fingerprint density at radius 3 is 2.50 bits per heavy atom. The van der Waals surface area contributed by atoms with Gasteiger partial charge in [-0.2, -0.15) is 0 Å². The lowest BCUT2D eigenvalue weighted by molar-refractivity contribution is 0.221. The first-order valence-electron chi connectivity index (χ1n) is 5.46. The van der Waals surface area contributed by atoms with Crippen LogP contribution < -0.4 is 10.5 Å². The van der Waals surface area contributed by atoms with E-state index in [1.54, 1.807) is 33.1 Å². The molecular weight excluding hydrogens is 205 g/mol. The molecule has 0 saturated heterocycles. The van der Waals surface area contributed by atoms with Crippen molar-refractivity contribution in [2.45, 2.75) is 38.9 Å². The molecule has 16 heavy (non-hydrogen) atoms. The van der Waals surface area contributed by atoms with Gasteiger partial charge in [0, 0.05) is 6.04 Å². The van der Waals surface area contributed by atoms with Crippen LogP contribution in [0.3, 0.4) is 0 Å². The fourth-order valence-corrected chi connectivity index (χ4v) is 1.65. The first-order valence-corrected chi connectivity index (χ1v) is 5.46. The van der Waals surface area contributed by atoms with Crippen LogP contribution in [-0.4, -0.2) is 13.2 Å². The summed E-state index contributed by atoms with van der Waals surface area (Å²) in [6.07, 6.45) is 0.688. The topological polar surface area (TPSA) is 35.2 Å². The molecule has 90 valence electrons. The van der Waals surface area contributed by atoms with E-state index in [-0.39, 0.29) is 6.04 Å². The summed E-state index contributed by atoms with van der Waals surface area (Å²) in [6, 6.07) is 5.42. The smallest absolute Gasteiger partial charge is 0.130 e. The average molecular weight is 225 g/mol. The molecule has 0 aliphatic carbocycles. The molecule has 0 saturated carbocycles. The summed E-state index contributed by atoms with van der Waals surface area (Å²) in [5, 5.41) is 0. The molecule has 1 atom stereocenters. The molecule has 1 unspecified atom stereocenters. The summed E-state index contributed by atoms with van der Waals surface area (Å²) < 4.78 is 19.0. The molecule has 0 fully saturated rings. The minimum Gasteiger partial charge on any atom is -0.496 e. The van der Waals surface area contributed by atoms with Gasteiger partial charge in [-0.1, -0.05) is 6.07 Å². The van der Waals surface area contributed by atoms with E-state index in [0.29, 0.717) is 12.0 Å². The van der Waals surface area contributed by atoms with Crippen molar-refractivity contribution in [3.63, 3.8) is 0 Å². The number of alkyl halides is 1. The SMILES string of the molecule is COc1ccc(C(C)(C)F)cc1CC(C)N. The molecule has 2 nitrogen and oxygen atoms in total. The Bertz CT molecular complexity index is 355. The van der Waals surface area contributed by atoms with Crippen LogP contribution in [0, 0.1) is 0 Å². The van der Waals surface area contributed by atoms with Gasteiger partial charge in [0.2, 0.25) is 0 Å². The Morgan fingerprint density at radius 2 is 2.06 bits per heavy atom. The number of halogens is 1. The van der Waals surface area contributed by atoms with Crippen LogP contribution in [0.1, 0.15) is 31.9 Å². The van der Waals surface area contributed by atoms with E-state index >= 15 is 0 Å². The molecule has 0 heterocycles. The molecule has 0 spiro atoms. The fourth-order valence-electron chi connectivity index (χ4n) is 1.65. The molecule has 1 rings (SSSR count). The van der Waals surface area contributed by atoms with E-state index in [0.717, 1.165) is 11.3 Å². The molecule has 2 N–H and O–H groups in total. The van der Waals surface area contributed by atoms with Crippen LogP contribution >= 0.6 is 0 Å². The maximum atomic E-state index is 13.8. The molecule has 0 bridgehead atoms. The van der Waals surface area contributed by atoms with Crippen molar-refractivity contribution in [1.82, 2.24) is 0 Å². The number of benzene rings is 1. The zero-order valence-electron chi connectivity index (χ0n) is 10.4. The molecule has 0 amide bonds. The van der Waals surface area contributed by atoms with Gasteiger partial charge in [-0.15, -0.1) is 0 Å². The highest BCUT2D eigenvalue weighted by molar-refractivity contribution is 5.39. The maximum absolute atomic E-state index is 13.8. The summed E-state index contributed by atoms with van der Waals surface area (Å²) >= 11 is 0. The second kappa shape index (κ2) is 4.83. The number of hydrogen-bond donors (Lipinski definition) is 1. The average Bonchev–Trinajstić information content (AvgIpc) is 2.15. The van der Waals surface area contributed by atoms with Crippen LogP contribution in [0.15, 0.2) is 18.2 Å². The van der Waals surface area contributed by atoms with Crippen molar-refractivity contribution in [3.8, 4) is 5.75 Å². The number of hydrogen-bond acceptors (Lipinski definition) is 2. The maximum Gasteiger partial charge on any atom is 0.130 e. The largest absolute Gasteiger partial charge is 0.496 e. The Balaban J connectivity index is 3.11. The van der Waals surface area contributed by atoms with Gasteiger partial charge in [-0.25, -0.2) is 4.39 Å².